The zero-order chi connectivity index (χ0) is 9.97. The van der Waals surface area contributed by atoms with Crippen LogP contribution in [0.2, 0.25) is 0 Å². The first-order valence-electron chi connectivity index (χ1n) is 4.66. The van der Waals surface area contributed by atoms with E-state index in [1.807, 2.05) is 7.05 Å². The normalized spacial score (nSPS) is 13.0. The highest BCUT2D eigenvalue weighted by Crippen LogP contribution is 2.25. The van der Waals surface area contributed by atoms with Gasteiger partial charge in [-0.25, -0.2) is 0 Å². The van der Waals surface area contributed by atoms with Crippen molar-refractivity contribution in [2.75, 3.05) is 7.05 Å². The second-order valence-electron chi connectivity index (χ2n) is 3.26. The predicted octanol–water partition coefficient (Wildman–Crippen LogP) is 2.99. The first-order chi connectivity index (χ1) is 6.83. The van der Waals surface area contributed by atoms with Crippen LogP contribution in [0.5, 0.6) is 0 Å². The molecule has 0 fully saturated rings. The van der Waals surface area contributed by atoms with E-state index in [0.717, 1.165) is 0 Å². The van der Waals surface area contributed by atoms with Crippen LogP contribution in [0.1, 0.15) is 10.9 Å². The van der Waals surface area contributed by atoms with Gasteiger partial charge in [0.1, 0.15) is 0 Å². The molecule has 0 bridgehead atoms. The fraction of sp³-hybridized carbons (Fsp3) is 0.167. The van der Waals surface area contributed by atoms with Crippen LogP contribution >= 0.6 is 12.6 Å². The maximum Gasteiger partial charge on any atom is 0.0763 e. The van der Waals surface area contributed by atoms with Crippen LogP contribution in [-0.2, 0) is 0 Å². The molecule has 0 radical (unpaired) electrons. The molecule has 1 nitrogen and oxygen atoms in total. The third-order valence-electron chi connectivity index (χ3n) is 2.39. The molecule has 72 valence electrons. The Kier molecular flexibility index (Phi) is 2.75. The lowest BCUT2D eigenvalue weighted by molar-refractivity contribution is 0.806. The second kappa shape index (κ2) is 4.03. The van der Waals surface area contributed by atoms with E-state index in [2.05, 4.69) is 60.4 Å². The maximum atomic E-state index is 4.48. The molecule has 0 heterocycles. The minimum absolute atomic E-state index is 0.0982. The van der Waals surface area contributed by atoms with Crippen LogP contribution in [0, 0.1) is 0 Å². The van der Waals surface area contributed by atoms with E-state index < -0.39 is 0 Å². The van der Waals surface area contributed by atoms with Crippen molar-refractivity contribution in [1.82, 2.24) is 5.32 Å². The van der Waals surface area contributed by atoms with Gasteiger partial charge >= 0.3 is 0 Å². The highest BCUT2D eigenvalue weighted by molar-refractivity contribution is 7.80. The summed E-state index contributed by atoms with van der Waals surface area (Å²) < 4.78 is 0. The molecule has 2 aromatic carbocycles. The number of hydrogen-bond acceptors (Lipinski definition) is 2. The Balaban J connectivity index is 2.65. The van der Waals surface area contributed by atoms with E-state index in [1.54, 1.807) is 0 Å². The molecule has 0 saturated carbocycles. The summed E-state index contributed by atoms with van der Waals surface area (Å²) in [6.45, 7) is 0. The van der Waals surface area contributed by atoms with E-state index in [0.29, 0.717) is 0 Å². The Bertz CT molecular complexity index is 434. The molecule has 1 unspecified atom stereocenters. The summed E-state index contributed by atoms with van der Waals surface area (Å²) in [5.41, 5.74) is 1.23. The largest absolute Gasteiger partial charge is 0.305 e. The lowest BCUT2D eigenvalue weighted by Crippen LogP contribution is -2.10. The van der Waals surface area contributed by atoms with Gasteiger partial charge in [0.15, 0.2) is 0 Å². The van der Waals surface area contributed by atoms with E-state index in [4.69, 9.17) is 0 Å². The molecule has 2 aromatic rings. The van der Waals surface area contributed by atoms with Crippen LogP contribution in [0.25, 0.3) is 10.8 Å². The SMILES string of the molecule is CNC(S)c1cccc2ccccc12. The van der Waals surface area contributed by atoms with Gasteiger partial charge in [-0.2, -0.15) is 12.6 Å². The van der Waals surface area contributed by atoms with Crippen molar-refractivity contribution >= 4 is 23.4 Å². The van der Waals surface area contributed by atoms with Gasteiger partial charge in [0, 0.05) is 0 Å². The molecule has 14 heavy (non-hydrogen) atoms. The Morgan fingerprint density at radius 1 is 1.07 bits per heavy atom. The number of hydrogen-bond donors (Lipinski definition) is 2. The van der Waals surface area contributed by atoms with Crippen molar-refractivity contribution in [3.63, 3.8) is 0 Å². The lowest BCUT2D eigenvalue weighted by Gasteiger charge is -2.12. The van der Waals surface area contributed by atoms with Crippen molar-refractivity contribution in [2.45, 2.75) is 5.37 Å². The molecular formula is C12H13NS. The van der Waals surface area contributed by atoms with Gasteiger partial charge in [0.25, 0.3) is 0 Å². The minimum Gasteiger partial charge on any atom is -0.305 e. The minimum atomic E-state index is 0.0982. The van der Waals surface area contributed by atoms with Crippen LogP contribution in [-0.4, -0.2) is 7.05 Å². The average molecular weight is 203 g/mol. The summed E-state index contributed by atoms with van der Waals surface area (Å²) in [4.78, 5) is 0. The molecular weight excluding hydrogens is 190 g/mol. The summed E-state index contributed by atoms with van der Waals surface area (Å²) in [5, 5.41) is 5.77. The average Bonchev–Trinajstić information content (AvgIpc) is 2.27. The zero-order valence-corrected chi connectivity index (χ0v) is 8.96. The third kappa shape index (κ3) is 1.63. The van der Waals surface area contributed by atoms with Gasteiger partial charge in [-0.05, 0) is 23.4 Å². The summed E-state index contributed by atoms with van der Waals surface area (Å²) in [6, 6.07) is 14.7. The number of thiol groups is 1. The molecule has 0 amide bonds. The summed E-state index contributed by atoms with van der Waals surface area (Å²) in [5.74, 6) is 0. The molecule has 1 N–H and O–H groups in total. The van der Waals surface area contributed by atoms with Gasteiger partial charge in [0.05, 0.1) is 5.37 Å². The maximum absolute atomic E-state index is 4.48. The standard InChI is InChI=1S/C12H13NS/c1-13-12(14)11-8-4-6-9-5-2-3-7-10(9)11/h2-8,12-14H,1H3. The van der Waals surface area contributed by atoms with Crippen LogP contribution in [0.15, 0.2) is 42.5 Å². The monoisotopic (exact) mass is 203 g/mol. The number of fused-ring (bicyclic) bond motifs is 1. The van der Waals surface area contributed by atoms with Gasteiger partial charge in [-0.1, -0.05) is 42.5 Å². The molecule has 0 aliphatic rings. The number of rotatable bonds is 2. The smallest absolute Gasteiger partial charge is 0.0763 e. The lowest BCUT2D eigenvalue weighted by atomic mass is 10.0. The summed E-state index contributed by atoms with van der Waals surface area (Å²) in [6.07, 6.45) is 0. The molecule has 0 spiro atoms. The van der Waals surface area contributed by atoms with Crippen LogP contribution < -0.4 is 5.32 Å². The van der Waals surface area contributed by atoms with Crippen LogP contribution in [0.3, 0.4) is 0 Å². The van der Waals surface area contributed by atoms with E-state index in [-0.39, 0.29) is 5.37 Å². The first kappa shape index (κ1) is 9.56. The summed E-state index contributed by atoms with van der Waals surface area (Å²) in [7, 11) is 1.92. The van der Waals surface area contributed by atoms with Gasteiger partial charge in [-0.15, -0.1) is 0 Å². The van der Waals surface area contributed by atoms with Crippen molar-refractivity contribution < 1.29 is 0 Å². The van der Waals surface area contributed by atoms with E-state index in [9.17, 15) is 0 Å². The molecule has 0 aromatic heterocycles. The third-order valence-corrected chi connectivity index (χ3v) is 2.93. The number of nitrogens with one attached hydrogen (secondary N) is 1. The Morgan fingerprint density at radius 2 is 1.79 bits per heavy atom. The Morgan fingerprint density at radius 3 is 2.57 bits per heavy atom. The Hall–Kier alpha value is -0.990. The molecule has 2 rings (SSSR count). The molecule has 2 heteroatoms. The molecule has 0 saturated heterocycles. The highest BCUT2D eigenvalue weighted by Gasteiger charge is 2.06. The van der Waals surface area contributed by atoms with Gasteiger partial charge in [0.2, 0.25) is 0 Å². The van der Waals surface area contributed by atoms with Crippen molar-refractivity contribution in [1.29, 1.82) is 0 Å². The Labute approximate surface area is 89.5 Å². The van der Waals surface area contributed by atoms with Gasteiger partial charge < -0.3 is 5.32 Å². The zero-order valence-electron chi connectivity index (χ0n) is 8.07. The van der Waals surface area contributed by atoms with Crippen LogP contribution in [0.4, 0.5) is 0 Å². The quantitative estimate of drug-likeness (QED) is 0.565. The number of benzene rings is 2. The summed E-state index contributed by atoms with van der Waals surface area (Å²) >= 11 is 4.48. The second-order valence-corrected chi connectivity index (χ2v) is 3.78. The highest BCUT2D eigenvalue weighted by atomic mass is 32.1. The fourth-order valence-electron chi connectivity index (χ4n) is 1.64. The topological polar surface area (TPSA) is 12.0 Å². The predicted molar refractivity (Wildman–Crippen MR) is 64.7 cm³/mol. The van der Waals surface area contributed by atoms with E-state index in [1.165, 1.54) is 16.3 Å². The van der Waals surface area contributed by atoms with Crippen molar-refractivity contribution in [2.24, 2.45) is 0 Å². The molecule has 1 atom stereocenters. The van der Waals surface area contributed by atoms with Crippen molar-refractivity contribution in [3.05, 3.63) is 48.0 Å². The fourth-order valence-corrected chi connectivity index (χ4v) is 1.87. The van der Waals surface area contributed by atoms with Crippen molar-refractivity contribution in [3.8, 4) is 0 Å². The molecule has 0 aliphatic heterocycles. The van der Waals surface area contributed by atoms with E-state index >= 15 is 0 Å². The van der Waals surface area contributed by atoms with Gasteiger partial charge in [-0.3, -0.25) is 0 Å². The molecule has 0 aliphatic carbocycles. The first-order valence-corrected chi connectivity index (χ1v) is 5.17.